The third-order valence-corrected chi connectivity index (χ3v) is 6.02. The minimum Gasteiger partial charge on any atom is -0.480 e. The Kier molecular flexibility index (Phi) is 4.90. The van der Waals surface area contributed by atoms with E-state index >= 15 is 0 Å². The average molecular weight is 405 g/mol. The fraction of sp³-hybridized carbons (Fsp3) is 0.0909. The highest BCUT2D eigenvalue weighted by Crippen LogP contribution is 2.31. The Bertz CT molecular complexity index is 1290. The number of ether oxygens (including phenoxy) is 1. The van der Waals surface area contributed by atoms with Crippen molar-refractivity contribution in [2.45, 2.75) is 11.8 Å². The molecule has 0 aliphatic rings. The molecule has 146 valence electrons. The summed E-state index contributed by atoms with van der Waals surface area (Å²) in [5, 5.41) is 1.03. The van der Waals surface area contributed by atoms with Gasteiger partial charge in [-0.15, -0.1) is 0 Å². The van der Waals surface area contributed by atoms with Crippen LogP contribution in [-0.4, -0.2) is 25.5 Å². The van der Waals surface area contributed by atoms with Gasteiger partial charge in [0.25, 0.3) is 10.0 Å². The predicted octanol–water partition coefficient (Wildman–Crippen LogP) is 4.41. The van der Waals surface area contributed by atoms with Crippen LogP contribution in [0.5, 0.6) is 5.88 Å². The number of aromatic nitrogens is 2. The second-order valence-corrected chi connectivity index (χ2v) is 8.24. The van der Waals surface area contributed by atoms with E-state index in [1.807, 2.05) is 31.2 Å². The molecule has 2 aromatic carbocycles. The number of sulfonamides is 1. The van der Waals surface area contributed by atoms with Crippen LogP contribution in [0.15, 0.2) is 78.0 Å². The zero-order valence-electron chi connectivity index (χ0n) is 16.0. The van der Waals surface area contributed by atoms with Crippen LogP contribution in [0.1, 0.15) is 5.56 Å². The van der Waals surface area contributed by atoms with E-state index in [4.69, 9.17) is 4.74 Å². The standard InChI is InChI=1S/C22H19N3O3S/c1-15-10-11-23-20-9-8-16(12-19(15)20)17-13-21(22(28-2)24-14-17)25-29(26,27)18-6-4-3-5-7-18/h3-14,25H,1-2H3. The molecule has 6 nitrogen and oxygen atoms in total. The van der Waals surface area contributed by atoms with Gasteiger partial charge in [0.05, 0.1) is 17.5 Å². The van der Waals surface area contributed by atoms with Crippen molar-refractivity contribution < 1.29 is 13.2 Å². The summed E-state index contributed by atoms with van der Waals surface area (Å²) in [6.45, 7) is 2.03. The summed E-state index contributed by atoms with van der Waals surface area (Å²) < 4.78 is 33.3. The topological polar surface area (TPSA) is 81.2 Å². The second kappa shape index (κ2) is 7.52. The van der Waals surface area contributed by atoms with Crippen LogP contribution in [-0.2, 0) is 10.0 Å². The van der Waals surface area contributed by atoms with E-state index < -0.39 is 10.0 Å². The van der Waals surface area contributed by atoms with E-state index in [0.717, 1.165) is 27.6 Å². The molecular weight excluding hydrogens is 386 g/mol. The van der Waals surface area contributed by atoms with Gasteiger partial charge in [-0.05, 0) is 54.4 Å². The lowest BCUT2D eigenvalue weighted by atomic mass is 10.0. The molecule has 0 aliphatic heterocycles. The first kappa shape index (κ1) is 18.9. The maximum absolute atomic E-state index is 12.7. The number of nitrogens with one attached hydrogen (secondary N) is 1. The molecule has 29 heavy (non-hydrogen) atoms. The molecule has 1 N–H and O–H groups in total. The first-order valence-corrected chi connectivity index (χ1v) is 10.4. The second-order valence-electron chi connectivity index (χ2n) is 6.56. The van der Waals surface area contributed by atoms with Crippen LogP contribution < -0.4 is 9.46 Å². The quantitative estimate of drug-likeness (QED) is 0.532. The molecule has 2 heterocycles. The van der Waals surface area contributed by atoms with Crippen LogP contribution in [0.25, 0.3) is 22.0 Å². The van der Waals surface area contributed by atoms with Crippen molar-refractivity contribution in [1.29, 1.82) is 0 Å². The molecule has 0 unspecified atom stereocenters. The number of pyridine rings is 2. The molecule has 0 radical (unpaired) electrons. The fourth-order valence-corrected chi connectivity index (χ4v) is 4.18. The molecule has 0 bridgehead atoms. The number of methoxy groups -OCH3 is 1. The van der Waals surface area contributed by atoms with Crippen molar-refractivity contribution in [3.8, 4) is 17.0 Å². The third kappa shape index (κ3) is 3.77. The van der Waals surface area contributed by atoms with Crippen molar-refractivity contribution in [1.82, 2.24) is 9.97 Å². The summed E-state index contributed by atoms with van der Waals surface area (Å²) in [6.07, 6.45) is 3.44. The Labute approximate surface area is 169 Å². The summed E-state index contributed by atoms with van der Waals surface area (Å²) in [6, 6.07) is 17.8. The van der Waals surface area contributed by atoms with Crippen molar-refractivity contribution in [2.75, 3.05) is 11.8 Å². The fourth-order valence-electron chi connectivity index (χ4n) is 3.11. The van der Waals surface area contributed by atoms with Crippen molar-refractivity contribution in [3.63, 3.8) is 0 Å². The van der Waals surface area contributed by atoms with Crippen LogP contribution in [0, 0.1) is 6.92 Å². The number of fused-ring (bicyclic) bond motifs is 1. The van der Waals surface area contributed by atoms with E-state index in [-0.39, 0.29) is 16.5 Å². The first-order chi connectivity index (χ1) is 14.0. The average Bonchev–Trinajstić information content (AvgIpc) is 2.74. The highest BCUT2D eigenvalue weighted by Gasteiger charge is 2.18. The Morgan fingerprint density at radius 3 is 2.48 bits per heavy atom. The van der Waals surface area contributed by atoms with Crippen molar-refractivity contribution in [2.24, 2.45) is 0 Å². The minimum absolute atomic E-state index is 0.167. The van der Waals surface area contributed by atoms with E-state index in [2.05, 4.69) is 14.7 Å². The molecule has 4 rings (SSSR count). The smallest absolute Gasteiger partial charge is 0.262 e. The number of hydrogen-bond acceptors (Lipinski definition) is 5. The lowest BCUT2D eigenvalue weighted by molar-refractivity contribution is 0.400. The number of anilines is 1. The largest absolute Gasteiger partial charge is 0.480 e. The Morgan fingerprint density at radius 1 is 0.931 bits per heavy atom. The molecule has 0 spiro atoms. The van der Waals surface area contributed by atoms with Gasteiger partial charge in [0.15, 0.2) is 0 Å². The van der Waals surface area contributed by atoms with Crippen LogP contribution in [0.2, 0.25) is 0 Å². The molecule has 0 saturated carbocycles. The summed E-state index contributed by atoms with van der Waals surface area (Å²) in [5.74, 6) is 0.201. The van der Waals surface area contributed by atoms with Gasteiger partial charge in [0.1, 0.15) is 5.69 Å². The molecule has 0 amide bonds. The number of rotatable bonds is 5. The maximum Gasteiger partial charge on any atom is 0.262 e. The van der Waals surface area contributed by atoms with E-state index in [0.29, 0.717) is 0 Å². The zero-order chi connectivity index (χ0) is 20.4. The highest BCUT2D eigenvalue weighted by atomic mass is 32.2. The molecule has 0 atom stereocenters. The zero-order valence-corrected chi connectivity index (χ0v) is 16.8. The van der Waals surface area contributed by atoms with E-state index in [1.54, 1.807) is 36.7 Å². The third-order valence-electron chi connectivity index (χ3n) is 4.64. The van der Waals surface area contributed by atoms with E-state index in [9.17, 15) is 8.42 Å². The molecule has 4 aromatic rings. The normalized spacial score (nSPS) is 11.4. The van der Waals surface area contributed by atoms with Gasteiger partial charge < -0.3 is 4.74 Å². The van der Waals surface area contributed by atoms with Gasteiger partial charge in [-0.1, -0.05) is 24.3 Å². The minimum atomic E-state index is -3.77. The summed E-state index contributed by atoms with van der Waals surface area (Å²) >= 11 is 0. The number of nitrogens with zero attached hydrogens (tertiary/aromatic N) is 2. The molecule has 0 saturated heterocycles. The van der Waals surface area contributed by atoms with Gasteiger partial charge in [0, 0.05) is 23.3 Å². The first-order valence-electron chi connectivity index (χ1n) is 8.95. The number of benzene rings is 2. The molecule has 0 fully saturated rings. The Hall–Kier alpha value is -3.45. The van der Waals surface area contributed by atoms with Gasteiger partial charge in [-0.2, -0.15) is 0 Å². The van der Waals surface area contributed by atoms with Gasteiger partial charge in [0.2, 0.25) is 5.88 Å². The molecular formula is C22H19N3O3S. The summed E-state index contributed by atoms with van der Waals surface area (Å²) in [4.78, 5) is 8.83. The SMILES string of the molecule is COc1ncc(-c2ccc3nccc(C)c3c2)cc1NS(=O)(=O)c1ccccc1. The molecule has 2 aromatic heterocycles. The van der Waals surface area contributed by atoms with Crippen molar-refractivity contribution in [3.05, 3.63) is 78.6 Å². The van der Waals surface area contributed by atoms with Crippen molar-refractivity contribution >= 4 is 26.6 Å². The van der Waals surface area contributed by atoms with E-state index in [1.165, 1.54) is 19.2 Å². The van der Waals surface area contributed by atoms with Crippen LogP contribution in [0.4, 0.5) is 5.69 Å². The lowest BCUT2D eigenvalue weighted by Gasteiger charge is -2.13. The summed E-state index contributed by atoms with van der Waals surface area (Å²) in [7, 11) is -2.31. The van der Waals surface area contributed by atoms with Gasteiger partial charge in [-0.25, -0.2) is 13.4 Å². The number of hydrogen-bond donors (Lipinski definition) is 1. The van der Waals surface area contributed by atoms with Crippen LogP contribution >= 0.6 is 0 Å². The maximum atomic E-state index is 12.7. The molecule has 0 aliphatic carbocycles. The Balaban J connectivity index is 1.77. The highest BCUT2D eigenvalue weighted by molar-refractivity contribution is 7.92. The number of aryl methyl sites for hydroxylation is 1. The molecule has 7 heteroatoms. The Morgan fingerprint density at radius 2 is 1.72 bits per heavy atom. The summed E-state index contributed by atoms with van der Waals surface area (Å²) in [5.41, 5.74) is 3.96. The van der Waals surface area contributed by atoms with Gasteiger partial charge in [-0.3, -0.25) is 9.71 Å². The van der Waals surface area contributed by atoms with Crippen LogP contribution in [0.3, 0.4) is 0 Å². The van der Waals surface area contributed by atoms with Gasteiger partial charge >= 0.3 is 0 Å². The predicted molar refractivity (Wildman–Crippen MR) is 114 cm³/mol. The lowest BCUT2D eigenvalue weighted by Crippen LogP contribution is -2.14. The monoisotopic (exact) mass is 405 g/mol.